The van der Waals surface area contributed by atoms with Gasteiger partial charge < -0.3 is 10.5 Å². The molecule has 1 aromatic carbocycles. The molecule has 0 bridgehead atoms. The molecule has 2 rings (SSSR count). The number of benzene rings is 1. The zero-order valence-corrected chi connectivity index (χ0v) is 9.34. The van der Waals surface area contributed by atoms with Gasteiger partial charge in [0.05, 0.1) is 18.0 Å². The number of hydrogen-bond acceptors (Lipinski definition) is 4. The van der Waals surface area contributed by atoms with E-state index in [0.29, 0.717) is 5.69 Å². The highest BCUT2D eigenvalue weighted by atomic mass is 19.1. The van der Waals surface area contributed by atoms with Gasteiger partial charge in [0, 0.05) is 11.9 Å². The Morgan fingerprint density at radius 3 is 3.00 bits per heavy atom. The summed E-state index contributed by atoms with van der Waals surface area (Å²) in [7, 11) is 0. The molecule has 0 saturated heterocycles. The number of hydrogen-bond donors (Lipinski definition) is 1. The van der Waals surface area contributed by atoms with Crippen LogP contribution in [0.4, 0.5) is 10.1 Å². The molecule has 0 fully saturated rings. The third kappa shape index (κ3) is 2.22. The van der Waals surface area contributed by atoms with Crippen LogP contribution in [0.1, 0.15) is 10.4 Å². The van der Waals surface area contributed by atoms with Gasteiger partial charge in [0.1, 0.15) is 5.69 Å². The van der Waals surface area contributed by atoms with Gasteiger partial charge in [-0.15, -0.1) is 0 Å². The zero-order chi connectivity index (χ0) is 13.1. The lowest BCUT2D eigenvalue weighted by Gasteiger charge is -2.03. The minimum absolute atomic E-state index is 0.196. The molecule has 0 aliphatic heterocycles. The predicted octanol–water partition coefficient (Wildman–Crippen LogP) is 1.89. The van der Waals surface area contributed by atoms with Gasteiger partial charge >= 0.3 is 5.97 Å². The molecule has 0 saturated carbocycles. The number of esters is 1. The van der Waals surface area contributed by atoms with Crippen molar-refractivity contribution in [2.45, 2.75) is 0 Å². The van der Waals surface area contributed by atoms with Crippen LogP contribution in [0.2, 0.25) is 0 Å². The van der Waals surface area contributed by atoms with Crippen LogP contribution in [0.5, 0.6) is 0 Å². The molecule has 5 nitrogen and oxygen atoms in total. The first-order valence-corrected chi connectivity index (χ1v) is 5.04. The van der Waals surface area contributed by atoms with Gasteiger partial charge in [0.15, 0.2) is 5.82 Å². The molecule has 18 heavy (non-hydrogen) atoms. The third-order valence-electron chi connectivity index (χ3n) is 2.23. The number of carbonyl (C=O) groups excluding carboxylic acids is 1. The first-order chi connectivity index (χ1) is 8.61. The molecule has 0 aliphatic rings. The van der Waals surface area contributed by atoms with Crippen molar-refractivity contribution in [3.63, 3.8) is 0 Å². The van der Waals surface area contributed by atoms with E-state index in [1.807, 2.05) is 0 Å². The highest BCUT2D eigenvalue weighted by molar-refractivity contribution is 5.89. The van der Waals surface area contributed by atoms with E-state index in [4.69, 9.17) is 5.73 Å². The van der Waals surface area contributed by atoms with Gasteiger partial charge in [-0.3, -0.25) is 0 Å². The Bertz CT molecular complexity index is 607. The quantitative estimate of drug-likeness (QED) is 0.511. The maximum atomic E-state index is 13.6. The molecular weight excluding hydrogens is 237 g/mol. The number of ether oxygens (including phenoxy) is 1. The molecule has 2 N–H and O–H groups in total. The van der Waals surface area contributed by atoms with E-state index in [2.05, 4.69) is 16.4 Å². The molecular formula is C12H10FN3O2. The summed E-state index contributed by atoms with van der Waals surface area (Å²) < 4.78 is 19.4. The first kappa shape index (κ1) is 11.8. The van der Waals surface area contributed by atoms with Crippen LogP contribution in [-0.4, -0.2) is 15.7 Å². The first-order valence-electron chi connectivity index (χ1n) is 5.04. The van der Waals surface area contributed by atoms with Crippen molar-refractivity contribution in [2.75, 3.05) is 5.73 Å². The van der Waals surface area contributed by atoms with Crippen molar-refractivity contribution in [1.82, 2.24) is 9.78 Å². The monoisotopic (exact) mass is 247 g/mol. The number of aromatic nitrogens is 2. The minimum Gasteiger partial charge on any atom is -0.431 e. The molecule has 0 aliphatic carbocycles. The van der Waals surface area contributed by atoms with E-state index < -0.39 is 11.8 Å². The fourth-order valence-corrected chi connectivity index (χ4v) is 1.41. The average Bonchev–Trinajstić information content (AvgIpc) is 2.78. The molecule has 0 spiro atoms. The van der Waals surface area contributed by atoms with Crippen LogP contribution in [0.15, 0.2) is 43.4 Å². The number of nitrogens with zero attached hydrogens (tertiary/aromatic N) is 2. The Hall–Kier alpha value is -2.63. The fourth-order valence-electron chi connectivity index (χ4n) is 1.41. The van der Waals surface area contributed by atoms with Crippen molar-refractivity contribution in [1.29, 1.82) is 0 Å². The molecule has 92 valence electrons. The lowest BCUT2D eigenvalue weighted by Crippen LogP contribution is -2.00. The number of nitrogen functional groups attached to an aromatic ring is 1. The summed E-state index contributed by atoms with van der Waals surface area (Å²) in [4.78, 5) is 11.4. The molecule has 0 radical (unpaired) electrons. The Labute approximate surface area is 102 Å². The van der Waals surface area contributed by atoms with Crippen LogP contribution < -0.4 is 5.73 Å². The van der Waals surface area contributed by atoms with Crippen LogP contribution in [0, 0.1) is 5.82 Å². The van der Waals surface area contributed by atoms with Crippen LogP contribution in [0.25, 0.3) is 5.69 Å². The molecule has 0 atom stereocenters. The Balaban J connectivity index is 2.35. The molecule has 1 aromatic heterocycles. The van der Waals surface area contributed by atoms with Crippen molar-refractivity contribution >= 4 is 11.7 Å². The standard InChI is InChI=1S/C12H10FN3O2/c1-2-18-12(17)8-6-15-16(7-8)11-4-3-9(14)5-10(11)13/h2-7H,1,14H2. The SMILES string of the molecule is C=COC(=O)c1cnn(-c2ccc(N)cc2F)c1. The smallest absolute Gasteiger partial charge is 0.346 e. The van der Waals surface area contributed by atoms with Crippen LogP contribution in [-0.2, 0) is 4.74 Å². The highest BCUT2D eigenvalue weighted by Crippen LogP contribution is 2.16. The van der Waals surface area contributed by atoms with Crippen LogP contribution in [0.3, 0.4) is 0 Å². The summed E-state index contributed by atoms with van der Waals surface area (Å²) in [6, 6.07) is 4.20. The lowest BCUT2D eigenvalue weighted by atomic mass is 10.2. The van der Waals surface area contributed by atoms with E-state index >= 15 is 0 Å². The number of anilines is 1. The predicted molar refractivity (Wildman–Crippen MR) is 63.5 cm³/mol. The van der Waals surface area contributed by atoms with E-state index in [-0.39, 0.29) is 11.3 Å². The van der Waals surface area contributed by atoms with Crippen molar-refractivity contribution in [3.05, 3.63) is 54.8 Å². The Morgan fingerprint density at radius 2 is 2.33 bits per heavy atom. The van der Waals surface area contributed by atoms with E-state index in [9.17, 15) is 9.18 Å². The summed E-state index contributed by atoms with van der Waals surface area (Å²) in [5, 5.41) is 3.88. The molecule has 0 amide bonds. The molecule has 1 heterocycles. The van der Waals surface area contributed by atoms with Crippen LogP contribution >= 0.6 is 0 Å². The van der Waals surface area contributed by atoms with Gasteiger partial charge in [0.25, 0.3) is 0 Å². The van der Waals surface area contributed by atoms with E-state index in [1.54, 1.807) is 6.07 Å². The molecule has 0 unspecified atom stereocenters. The maximum absolute atomic E-state index is 13.6. The largest absolute Gasteiger partial charge is 0.431 e. The highest BCUT2D eigenvalue weighted by Gasteiger charge is 2.12. The number of halogens is 1. The van der Waals surface area contributed by atoms with E-state index in [0.717, 1.165) is 6.26 Å². The fraction of sp³-hybridized carbons (Fsp3) is 0. The Morgan fingerprint density at radius 1 is 1.56 bits per heavy atom. The summed E-state index contributed by atoms with van der Waals surface area (Å²) in [5.41, 5.74) is 6.15. The second kappa shape index (κ2) is 4.70. The number of rotatable bonds is 3. The number of nitrogens with two attached hydrogens (primary N) is 1. The van der Waals surface area contributed by atoms with Crippen molar-refractivity contribution in [3.8, 4) is 5.69 Å². The summed E-state index contributed by atoms with van der Waals surface area (Å²) in [6.07, 6.45) is 3.66. The van der Waals surface area contributed by atoms with Gasteiger partial charge in [-0.1, -0.05) is 6.58 Å². The number of carbonyl (C=O) groups is 1. The van der Waals surface area contributed by atoms with Gasteiger partial charge in [0.2, 0.25) is 0 Å². The second-order valence-corrected chi connectivity index (χ2v) is 3.46. The van der Waals surface area contributed by atoms with Gasteiger partial charge in [-0.05, 0) is 18.2 Å². The zero-order valence-electron chi connectivity index (χ0n) is 9.34. The Kier molecular flexibility index (Phi) is 3.09. The topological polar surface area (TPSA) is 70.1 Å². The van der Waals surface area contributed by atoms with Crippen molar-refractivity contribution in [2.24, 2.45) is 0 Å². The molecule has 6 heteroatoms. The normalized spacial score (nSPS) is 10.1. The van der Waals surface area contributed by atoms with Gasteiger partial charge in [-0.25, -0.2) is 13.9 Å². The summed E-state index contributed by atoms with van der Waals surface area (Å²) >= 11 is 0. The third-order valence-corrected chi connectivity index (χ3v) is 2.23. The van der Waals surface area contributed by atoms with E-state index in [1.165, 1.54) is 29.2 Å². The average molecular weight is 247 g/mol. The van der Waals surface area contributed by atoms with Crippen molar-refractivity contribution < 1.29 is 13.9 Å². The summed E-state index contributed by atoms with van der Waals surface area (Å²) in [5.74, 6) is -1.13. The minimum atomic E-state index is -0.605. The second-order valence-electron chi connectivity index (χ2n) is 3.46. The summed E-state index contributed by atoms with van der Waals surface area (Å²) in [6.45, 7) is 3.27. The lowest BCUT2D eigenvalue weighted by molar-refractivity contribution is 0.0664. The molecule has 2 aromatic rings. The van der Waals surface area contributed by atoms with Gasteiger partial charge in [-0.2, -0.15) is 5.10 Å². The maximum Gasteiger partial charge on any atom is 0.346 e.